The summed E-state index contributed by atoms with van der Waals surface area (Å²) < 4.78 is 5.64. The van der Waals surface area contributed by atoms with E-state index >= 15 is 0 Å². The number of anilines is 1. The normalized spacial score (nSPS) is 14.5. The van der Waals surface area contributed by atoms with Crippen molar-refractivity contribution in [1.29, 1.82) is 0 Å². The molecule has 0 radical (unpaired) electrons. The number of carbonyl (C=O) groups is 1. The van der Waals surface area contributed by atoms with E-state index in [0.717, 1.165) is 33.7 Å². The Morgan fingerprint density at radius 1 is 1.18 bits per heavy atom. The van der Waals surface area contributed by atoms with Crippen LogP contribution in [0.2, 0.25) is 0 Å². The van der Waals surface area contributed by atoms with Gasteiger partial charge in [0.2, 0.25) is 5.88 Å². The lowest BCUT2D eigenvalue weighted by Crippen LogP contribution is -2.48. The molecule has 3 aromatic rings. The van der Waals surface area contributed by atoms with Gasteiger partial charge in [-0.1, -0.05) is 12.1 Å². The van der Waals surface area contributed by atoms with E-state index in [1.807, 2.05) is 18.7 Å². The Bertz CT molecular complexity index is 1010. The summed E-state index contributed by atoms with van der Waals surface area (Å²) in [4.78, 5) is 27.6. The lowest BCUT2D eigenvalue weighted by atomic mass is 10.1. The van der Waals surface area contributed by atoms with Gasteiger partial charge in [0.25, 0.3) is 5.91 Å². The van der Waals surface area contributed by atoms with Crippen LogP contribution in [0.1, 0.15) is 27.7 Å². The molecule has 1 aromatic carbocycles. The van der Waals surface area contributed by atoms with E-state index in [2.05, 4.69) is 46.1 Å². The summed E-state index contributed by atoms with van der Waals surface area (Å²) in [5.74, 6) is 0.636. The van der Waals surface area contributed by atoms with E-state index in [9.17, 15) is 4.79 Å². The number of ether oxygens (including phenoxy) is 1. The Balaban J connectivity index is 1.53. The predicted octanol–water partition coefficient (Wildman–Crippen LogP) is 3.67. The second kappa shape index (κ2) is 7.75. The average Bonchev–Trinajstić information content (AvgIpc) is 3.05. The number of aryl methyl sites for hydroxylation is 2. The Morgan fingerprint density at radius 2 is 1.96 bits per heavy atom. The summed E-state index contributed by atoms with van der Waals surface area (Å²) in [6.45, 7) is 9.62. The van der Waals surface area contributed by atoms with Crippen LogP contribution in [0.25, 0.3) is 10.2 Å². The molecule has 1 saturated heterocycles. The third-order valence-electron chi connectivity index (χ3n) is 5.10. The van der Waals surface area contributed by atoms with Gasteiger partial charge < -0.3 is 14.5 Å². The first-order valence-corrected chi connectivity index (χ1v) is 10.4. The van der Waals surface area contributed by atoms with Crippen LogP contribution in [0.15, 0.2) is 30.6 Å². The number of aromatic nitrogens is 2. The molecule has 1 aliphatic heterocycles. The van der Waals surface area contributed by atoms with Gasteiger partial charge in [-0.3, -0.25) is 4.79 Å². The summed E-state index contributed by atoms with van der Waals surface area (Å²) in [5.41, 5.74) is 3.39. The third kappa shape index (κ3) is 3.42. The Hall–Kier alpha value is -2.67. The van der Waals surface area contributed by atoms with Crippen LogP contribution in [-0.4, -0.2) is 53.6 Å². The van der Waals surface area contributed by atoms with Crippen molar-refractivity contribution in [3.05, 3.63) is 46.6 Å². The predicted molar refractivity (Wildman–Crippen MR) is 113 cm³/mol. The molecule has 6 nitrogen and oxygen atoms in total. The van der Waals surface area contributed by atoms with Gasteiger partial charge >= 0.3 is 0 Å². The number of hydrogen-bond acceptors (Lipinski definition) is 6. The van der Waals surface area contributed by atoms with Crippen LogP contribution in [0.4, 0.5) is 5.69 Å². The Labute approximate surface area is 168 Å². The standard InChI is InChI=1S/C21H24N4O2S/c1-4-27-19-17-15(3)18(28-20(17)23-13-22-19)21(26)25-10-8-24(9-11-25)16-7-5-6-14(2)12-16/h5-7,12-13H,4,8-11H2,1-3H3. The number of thiophene rings is 1. The summed E-state index contributed by atoms with van der Waals surface area (Å²) in [6, 6.07) is 8.52. The largest absolute Gasteiger partial charge is 0.477 e. The maximum atomic E-state index is 13.2. The molecule has 1 aliphatic rings. The molecule has 0 N–H and O–H groups in total. The quantitative estimate of drug-likeness (QED) is 0.673. The van der Waals surface area contributed by atoms with E-state index in [4.69, 9.17) is 4.74 Å². The molecule has 1 amide bonds. The van der Waals surface area contributed by atoms with Gasteiger partial charge in [0, 0.05) is 31.9 Å². The first-order valence-electron chi connectivity index (χ1n) is 9.56. The van der Waals surface area contributed by atoms with Crippen molar-refractivity contribution in [3.63, 3.8) is 0 Å². The number of piperazine rings is 1. The molecule has 2 aromatic heterocycles. The minimum absolute atomic E-state index is 0.0758. The van der Waals surface area contributed by atoms with E-state index in [0.29, 0.717) is 25.6 Å². The molecule has 0 unspecified atom stereocenters. The smallest absolute Gasteiger partial charge is 0.264 e. The van der Waals surface area contributed by atoms with Gasteiger partial charge in [0.1, 0.15) is 11.2 Å². The molecule has 3 heterocycles. The SMILES string of the molecule is CCOc1ncnc2sc(C(=O)N3CCN(c4cccc(C)c4)CC3)c(C)c12. The van der Waals surface area contributed by atoms with Crippen LogP contribution in [0.5, 0.6) is 5.88 Å². The van der Waals surface area contributed by atoms with Crippen LogP contribution < -0.4 is 9.64 Å². The second-order valence-corrected chi connectivity index (χ2v) is 7.97. The zero-order valence-electron chi connectivity index (χ0n) is 16.4. The zero-order valence-corrected chi connectivity index (χ0v) is 17.3. The highest BCUT2D eigenvalue weighted by atomic mass is 32.1. The third-order valence-corrected chi connectivity index (χ3v) is 6.29. The van der Waals surface area contributed by atoms with Crippen molar-refractivity contribution < 1.29 is 9.53 Å². The Kier molecular flexibility index (Phi) is 5.17. The summed E-state index contributed by atoms with van der Waals surface area (Å²) in [5, 5.41) is 0.857. The fraction of sp³-hybridized carbons (Fsp3) is 0.381. The van der Waals surface area contributed by atoms with E-state index < -0.39 is 0 Å². The first kappa shape index (κ1) is 18.7. The minimum atomic E-state index is 0.0758. The summed E-state index contributed by atoms with van der Waals surface area (Å²) >= 11 is 1.43. The molecule has 7 heteroatoms. The van der Waals surface area contributed by atoms with Gasteiger partial charge in [-0.15, -0.1) is 11.3 Å². The number of nitrogens with zero attached hydrogens (tertiary/aromatic N) is 4. The van der Waals surface area contributed by atoms with Gasteiger partial charge in [-0.2, -0.15) is 0 Å². The maximum Gasteiger partial charge on any atom is 0.264 e. The molecule has 0 saturated carbocycles. The van der Waals surface area contributed by atoms with Gasteiger partial charge in [-0.05, 0) is 44.0 Å². The highest BCUT2D eigenvalue weighted by Gasteiger charge is 2.27. The molecule has 1 fully saturated rings. The van der Waals surface area contributed by atoms with E-state index in [1.54, 1.807) is 0 Å². The second-order valence-electron chi connectivity index (χ2n) is 6.97. The van der Waals surface area contributed by atoms with Gasteiger partial charge in [0.15, 0.2) is 0 Å². The molecule has 0 bridgehead atoms. The number of fused-ring (bicyclic) bond motifs is 1. The van der Waals surface area contributed by atoms with Crippen molar-refractivity contribution in [1.82, 2.24) is 14.9 Å². The molecular weight excluding hydrogens is 372 g/mol. The average molecular weight is 397 g/mol. The number of carbonyl (C=O) groups excluding carboxylic acids is 1. The molecule has 0 aliphatic carbocycles. The van der Waals surface area contributed by atoms with Crippen LogP contribution >= 0.6 is 11.3 Å². The molecule has 0 atom stereocenters. The summed E-state index contributed by atoms with van der Waals surface area (Å²) in [6.07, 6.45) is 1.50. The molecule has 28 heavy (non-hydrogen) atoms. The highest BCUT2D eigenvalue weighted by Crippen LogP contribution is 2.35. The molecule has 146 valence electrons. The van der Waals surface area contributed by atoms with Crippen molar-refractivity contribution in [2.45, 2.75) is 20.8 Å². The van der Waals surface area contributed by atoms with Crippen molar-refractivity contribution in [2.24, 2.45) is 0 Å². The maximum absolute atomic E-state index is 13.2. The monoisotopic (exact) mass is 396 g/mol. The summed E-state index contributed by atoms with van der Waals surface area (Å²) in [7, 11) is 0. The molecular formula is C21H24N4O2S. The number of benzene rings is 1. The van der Waals surface area contributed by atoms with Gasteiger partial charge in [0.05, 0.1) is 16.9 Å². The zero-order chi connectivity index (χ0) is 19.7. The number of hydrogen-bond donors (Lipinski definition) is 0. The van der Waals surface area contributed by atoms with Crippen LogP contribution in [0, 0.1) is 13.8 Å². The number of rotatable bonds is 4. The van der Waals surface area contributed by atoms with Crippen LogP contribution in [-0.2, 0) is 0 Å². The topological polar surface area (TPSA) is 58.6 Å². The molecule has 0 spiro atoms. The fourth-order valence-electron chi connectivity index (χ4n) is 3.63. The van der Waals surface area contributed by atoms with E-state index in [-0.39, 0.29) is 5.91 Å². The fourth-order valence-corrected chi connectivity index (χ4v) is 4.73. The number of amides is 1. The molecule has 4 rings (SSSR count). The lowest BCUT2D eigenvalue weighted by molar-refractivity contribution is 0.0751. The minimum Gasteiger partial charge on any atom is -0.477 e. The highest BCUT2D eigenvalue weighted by molar-refractivity contribution is 7.20. The van der Waals surface area contributed by atoms with Crippen molar-refractivity contribution in [3.8, 4) is 5.88 Å². The van der Waals surface area contributed by atoms with Crippen molar-refractivity contribution in [2.75, 3.05) is 37.7 Å². The Morgan fingerprint density at radius 3 is 2.68 bits per heavy atom. The van der Waals surface area contributed by atoms with Crippen LogP contribution in [0.3, 0.4) is 0 Å². The van der Waals surface area contributed by atoms with Crippen molar-refractivity contribution >= 4 is 33.1 Å². The van der Waals surface area contributed by atoms with Gasteiger partial charge in [-0.25, -0.2) is 9.97 Å². The van der Waals surface area contributed by atoms with E-state index in [1.165, 1.54) is 28.9 Å². The lowest BCUT2D eigenvalue weighted by Gasteiger charge is -2.36. The first-order chi connectivity index (χ1) is 13.6.